The number of hydrogen-bond donors (Lipinski definition) is 2. The molecule has 18 heavy (non-hydrogen) atoms. The van der Waals surface area contributed by atoms with Gasteiger partial charge >= 0.3 is 0 Å². The van der Waals surface area contributed by atoms with E-state index in [1.807, 2.05) is 18.2 Å². The first kappa shape index (κ1) is 14.6. The fraction of sp³-hybridized carbons (Fsp3) is 0.500. The smallest absolute Gasteiger partial charge is 0.213 e. The predicted octanol–water partition coefficient (Wildman–Crippen LogP) is 1.12. The largest absolute Gasteiger partial charge is 0.481 e. The van der Waals surface area contributed by atoms with Crippen molar-refractivity contribution < 1.29 is 4.74 Å². The SMILES string of the molecule is CN=C(NCCSC)NCc1cccc(OC)n1. The van der Waals surface area contributed by atoms with E-state index in [1.54, 1.807) is 25.9 Å². The molecule has 1 aromatic heterocycles. The minimum absolute atomic E-state index is 0.621. The van der Waals surface area contributed by atoms with Crippen LogP contribution in [-0.4, -0.2) is 43.7 Å². The molecule has 0 amide bonds. The third kappa shape index (κ3) is 5.27. The molecule has 1 heterocycles. The minimum Gasteiger partial charge on any atom is -0.481 e. The monoisotopic (exact) mass is 268 g/mol. The lowest BCUT2D eigenvalue weighted by atomic mass is 10.3. The molecule has 2 N–H and O–H groups in total. The summed E-state index contributed by atoms with van der Waals surface area (Å²) in [5.74, 6) is 2.46. The molecule has 5 nitrogen and oxygen atoms in total. The summed E-state index contributed by atoms with van der Waals surface area (Å²) in [7, 11) is 3.37. The highest BCUT2D eigenvalue weighted by molar-refractivity contribution is 7.98. The van der Waals surface area contributed by atoms with Crippen LogP contribution in [0.5, 0.6) is 5.88 Å². The summed E-state index contributed by atoms with van der Waals surface area (Å²) in [5, 5.41) is 6.44. The predicted molar refractivity (Wildman–Crippen MR) is 77.4 cm³/mol. The van der Waals surface area contributed by atoms with Crippen LogP contribution in [0, 0.1) is 0 Å². The van der Waals surface area contributed by atoms with Gasteiger partial charge in [-0.25, -0.2) is 4.98 Å². The maximum Gasteiger partial charge on any atom is 0.213 e. The van der Waals surface area contributed by atoms with Gasteiger partial charge in [-0.2, -0.15) is 11.8 Å². The van der Waals surface area contributed by atoms with Gasteiger partial charge in [-0.3, -0.25) is 4.99 Å². The van der Waals surface area contributed by atoms with Crippen molar-refractivity contribution in [3.63, 3.8) is 0 Å². The zero-order valence-electron chi connectivity index (χ0n) is 11.1. The van der Waals surface area contributed by atoms with Crippen molar-refractivity contribution in [1.82, 2.24) is 15.6 Å². The number of methoxy groups -OCH3 is 1. The Morgan fingerprint density at radius 1 is 1.44 bits per heavy atom. The van der Waals surface area contributed by atoms with Crippen LogP contribution in [0.4, 0.5) is 0 Å². The second-order valence-corrected chi connectivity index (χ2v) is 4.50. The summed E-state index contributed by atoms with van der Waals surface area (Å²) in [5.41, 5.74) is 0.919. The van der Waals surface area contributed by atoms with Crippen LogP contribution < -0.4 is 15.4 Å². The van der Waals surface area contributed by atoms with Crippen molar-refractivity contribution in [2.24, 2.45) is 4.99 Å². The lowest BCUT2D eigenvalue weighted by molar-refractivity contribution is 0.396. The minimum atomic E-state index is 0.621. The van der Waals surface area contributed by atoms with Crippen LogP contribution in [0.1, 0.15) is 5.69 Å². The Morgan fingerprint density at radius 3 is 2.94 bits per heavy atom. The lowest BCUT2D eigenvalue weighted by Gasteiger charge is -2.11. The van der Waals surface area contributed by atoms with E-state index >= 15 is 0 Å². The molecule has 0 aromatic carbocycles. The Morgan fingerprint density at radius 2 is 2.28 bits per heavy atom. The summed E-state index contributed by atoms with van der Waals surface area (Å²) in [6.07, 6.45) is 2.08. The molecular weight excluding hydrogens is 248 g/mol. The van der Waals surface area contributed by atoms with Gasteiger partial charge in [-0.1, -0.05) is 6.07 Å². The summed E-state index contributed by atoms with van der Waals surface area (Å²) < 4.78 is 5.08. The zero-order chi connectivity index (χ0) is 13.2. The number of aliphatic imine (C=N–C) groups is 1. The molecule has 6 heteroatoms. The molecule has 0 aliphatic rings. The van der Waals surface area contributed by atoms with E-state index in [4.69, 9.17) is 4.74 Å². The molecule has 100 valence electrons. The van der Waals surface area contributed by atoms with Crippen LogP contribution >= 0.6 is 11.8 Å². The van der Waals surface area contributed by atoms with E-state index in [-0.39, 0.29) is 0 Å². The molecular formula is C12H20N4OS. The van der Waals surface area contributed by atoms with Gasteiger partial charge in [0.25, 0.3) is 0 Å². The summed E-state index contributed by atoms with van der Waals surface area (Å²) in [6, 6.07) is 5.70. The Labute approximate surface area is 112 Å². The van der Waals surface area contributed by atoms with Crippen molar-refractivity contribution in [2.75, 3.05) is 32.7 Å². The van der Waals surface area contributed by atoms with Gasteiger partial charge in [0.15, 0.2) is 5.96 Å². The highest BCUT2D eigenvalue weighted by Gasteiger charge is 2.00. The van der Waals surface area contributed by atoms with Crippen LogP contribution in [0.2, 0.25) is 0 Å². The van der Waals surface area contributed by atoms with E-state index in [1.165, 1.54) is 0 Å². The molecule has 1 aromatic rings. The molecule has 1 rings (SSSR count). The Kier molecular flexibility index (Phi) is 7.01. The van der Waals surface area contributed by atoms with Gasteiger partial charge in [-0.15, -0.1) is 0 Å². The summed E-state index contributed by atoms with van der Waals surface area (Å²) in [4.78, 5) is 8.47. The first-order valence-electron chi connectivity index (χ1n) is 5.73. The van der Waals surface area contributed by atoms with Gasteiger partial charge < -0.3 is 15.4 Å². The number of nitrogens with zero attached hydrogens (tertiary/aromatic N) is 2. The molecule has 0 bridgehead atoms. The molecule has 0 saturated carbocycles. The highest BCUT2D eigenvalue weighted by Crippen LogP contribution is 2.05. The topological polar surface area (TPSA) is 58.5 Å². The molecule has 0 spiro atoms. The molecule has 0 unspecified atom stereocenters. The molecule has 0 fully saturated rings. The van der Waals surface area contributed by atoms with E-state index in [0.717, 1.165) is 24.0 Å². The fourth-order valence-electron chi connectivity index (χ4n) is 1.34. The lowest BCUT2D eigenvalue weighted by Crippen LogP contribution is -2.38. The van der Waals surface area contributed by atoms with E-state index < -0.39 is 0 Å². The summed E-state index contributed by atoms with van der Waals surface area (Å²) >= 11 is 1.80. The average Bonchev–Trinajstić information content (AvgIpc) is 2.43. The third-order valence-electron chi connectivity index (χ3n) is 2.25. The van der Waals surface area contributed by atoms with Crippen molar-refractivity contribution in [3.8, 4) is 5.88 Å². The van der Waals surface area contributed by atoms with Crippen LogP contribution in [0.25, 0.3) is 0 Å². The third-order valence-corrected chi connectivity index (χ3v) is 2.86. The fourth-order valence-corrected chi connectivity index (χ4v) is 1.64. The molecule has 0 radical (unpaired) electrons. The molecule has 0 aliphatic carbocycles. The van der Waals surface area contributed by atoms with Crippen molar-refractivity contribution >= 4 is 17.7 Å². The van der Waals surface area contributed by atoms with Gasteiger partial charge in [0.1, 0.15) is 0 Å². The van der Waals surface area contributed by atoms with Gasteiger partial charge in [0.05, 0.1) is 19.3 Å². The Bertz CT molecular complexity index is 384. The Balaban J connectivity index is 2.42. The maximum absolute atomic E-state index is 5.08. The van der Waals surface area contributed by atoms with Gasteiger partial charge in [0, 0.05) is 25.4 Å². The number of pyridine rings is 1. The highest BCUT2D eigenvalue weighted by atomic mass is 32.2. The number of ether oxygens (including phenoxy) is 1. The second kappa shape index (κ2) is 8.63. The van der Waals surface area contributed by atoms with E-state index in [0.29, 0.717) is 12.4 Å². The second-order valence-electron chi connectivity index (χ2n) is 3.52. The van der Waals surface area contributed by atoms with Crippen LogP contribution in [0.3, 0.4) is 0 Å². The van der Waals surface area contributed by atoms with E-state index in [9.17, 15) is 0 Å². The van der Waals surface area contributed by atoms with Gasteiger partial charge in [-0.05, 0) is 12.3 Å². The Hall–Kier alpha value is -1.43. The standard InChI is InChI=1S/C12H20N4OS/c1-13-12(14-7-8-18-3)15-9-10-5-4-6-11(16-10)17-2/h4-6H,7-9H2,1-3H3,(H2,13,14,15). The number of rotatable bonds is 6. The maximum atomic E-state index is 5.08. The molecule has 0 saturated heterocycles. The number of nitrogens with one attached hydrogen (secondary N) is 2. The molecule has 0 atom stereocenters. The zero-order valence-corrected chi connectivity index (χ0v) is 11.9. The quantitative estimate of drug-likeness (QED) is 0.460. The van der Waals surface area contributed by atoms with Crippen LogP contribution in [0.15, 0.2) is 23.2 Å². The average molecular weight is 268 g/mol. The van der Waals surface area contributed by atoms with Gasteiger partial charge in [0.2, 0.25) is 5.88 Å². The molecule has 0 aliphatic heterocycles. The first-order valence-corrected chi connectivity index (χ1v) is 7.13. The first-order chi connectivity index (χ1) is 8.80. The van der Waals surface area contributed by atoms with Crippen molar-refractivity contribution in [3.05, 3.63) is 23.9 Å². The van der Waals surface area contributed by atoms with Crippen LogP contribution in [-0.2, 0) is 6.54 Å². The number of thioether (sulfide) groups is 1. The van der Waals surface area contributed by atoms with E-state index in [2.05, 4.69) is 26.9 Å². The summed E-state index contributed by atoms with van der Waals surface area (Å²) in [6.45, 7) is 1.52. The van der Waals surface area contributed by atoms with Crippen molar-refractivity contribution in [1.29, 1.82) is 0 Å². The van der Waals surface area contributed by atoms with Crippen molar-refractivity contribution in [2.45, 2.75) is 6.54 Å². The number of aromatic nitrogens is 1. The normalized spacial score (nSPS) is 11.2. The number of hydrogen-bond acceptors (Lipinski definition) is 4. The number of guanidine groups is 1.